The average Bonchev–Trinajstić information content (AvgIpc) is 2.06. The minimum Gasteiger partial charge on any atom is -0.465 e. The summed E-state index contributed by atoms with van der Waals surface area (Å²) in [6, 6.07) is 0. The van der Waals surface area contributed by atoms with Gasteiger partial charge in [-0.1, -0.05) is 0 Å². The highest BCUT2D eigenvalue weighted by molar-refractivity contribution is 8.00. The molecule has 0 bridgehead atoms. The van der Waals surface area contributed by atoms with E-state index >= 15 is 0 Å². The van der Waals surface area contributed by atoms with Gasteiger partial charge in [-0.05, 0) is 19.8 Å². The summed E-state index contributed by atoms with van der Waals surface area (Å²) in [6.45, 7) is 2.25. The maximum atomic E-state index is 11.2. The van der Waals surface area contributed by atoms with E-state index in [1.54, 1.807) is 6.92 Å². The molecule has 1 fully saturated rings. The number of esters is 1. The number of carbonyl (C=O) groups excluding carboxylic acids is 1. The minimum atomic E-state index is -0.235. The topological polar surface area (TPSA) is 46.5 Å². The zero-order valence-corrected chi connectivity index (χ0v) is 7.97. The molecular formula is C8H14O3S. The number of ether oxygens (including phenoxy) is 1. The van der Waals surface area contributed by atoms with Gasteiger partial charge in [0.2, 0.25) is 0 Å². The molecule has 3 nitrogen and oxygen atoms in total. The van der Waals surface area contributed by atoms with Crippen LogP contribution in [0.4, 0.5) is 0 Å². The summed E-state index contributed by atoms with van der Waals surface area (Å²) in [5, 5.41) is 9.12. The van der Waals surface area contributed by atoms with E-state index < -0.39 is 0 Å². The highest BCUT2D eigenvalue weighted by Gasteiger charge is 2.26. The molecule has 0 saturated carbocycles. The molecule has 70 valence electrons. The predicted octanol–water partition coefficient (Wildman–Crippen LogP) is 0.806. The number of hydrogen-bond donors (Lipinski definition) is 1. The first-order chi connectivity index (χ1) is 5.74. The summed E-state index contributed by atoms with van der Waals surface area (Å²) in [5.74, 6) is 0.526. The van der Waals surface area contributed by atoms with Gasteiger partial charge in [0.15, 0.2) is 0 Å². The number of aliphatic hydroxyl groups is 1. The van der Waals surface area contributed by atoms with Crippen LogP contribution in [0.25, 0.3) is 0 Å². The smallest absolute Gasteiger partial charge is 0.319 e. The molecule has 2 atom stereocenters. The van der Waals surface area contributed by atoms with Gasteiger partial charge < -0.3 is 9.84 Å². The van der Waals surface area contributed by atoms with Gasteiger partial charge in [-0.25, -0.2) is 0 Å². The molecule has 0 aliphatic carbocycles. The van der Waals surface area contributed by atoms with Crippen LogP contribution in [-0.2, 0) is 9.53 Å². The summed E-state index contributed by atoms with van der Waals surface area (Å²) < 4.78 is 4.88. The van der Waals surface area contributed by atoms with Crippen LogP contribution in [0.1, 0.15) is 19.8 Å². The summed E-state index contributed by atoms with van der Waals surface area (Å²) in [5.41, 5.74) is 0. The van der Waals surface area contributed by atoms with Gasteiger partial charge in [-0.15, -0.1) is 11.8 Å². The van der Waals surface area contributed by atoms with Crippen molar-refractivity contribution in [3.63, 3.8) is 0 Å². The Morgan fingerprint density at radius 2 is 2.42 bits per heavy atom. The Morgan fingerprint density at radius 1 is 1.67 bits per heavy atom. The zero-order chi connectivity index (χ0) is 8.97. The maximum absolute atomic E-state index is 11.2. The highest BCUT2D eigenvalue weighted by atomic mass is 32.2. The maximum Gasteiger partial charge on any atom is 0.319 e. The first-order valence-corrected chi connectivity index (χ1v) is 5.25. The Balaban J connectivity index is 2.29. The fraction of sp³-hybridized carbons (Fsp3) is 0.875. The first-order valence-electron chi connectivity index (χ1n) is 4.20. The molecule has 0 aromatic rings. The summed E-state index contributed by atoms with van der Waals surface area (Å²) in [4.78, 5) is 11.2. The van der Waals surface area contributed by atoms with Gasteiger partial charge >= 0.3 is 5.97 Å². The van der Waals surface area contributed by atoms with Gasteiger partial charge in [0.1, 0.15) is 5.25 Å². The molecule has 0 aromatic carbocycles. The second kappa shape index (κ2) is 4.72. The third kappa shape index (κ3) is 2.68. The fourth-order valence-electron chi connectivity index (χ4n) is 1.16. The van der Waals surface area contributed by atoms with Crippen LogP contribution in [0.5, 0.6) is 0 Å². The second-order valence-corrected chi connectivity index (χ2v) is 4.04. The van der Waals surface area contributed by atoms with E-state index in [-0.39, 0.29) is 17.3 Å². The van der Waals surface area contributed by atoms with E-state index in [1.165, 1.54) is 11.8 Å². The fourth-order valence-corrected chi connectivity index (χ4v) is 2.29. The van der Waals surface area contributed by atoms with Crippen molar-refractivity contribution in [1.82, 2.24) is 0 Å². The van der Waals surface area contributed by atoms with Crippen LogP contribution >= 0.6 is 11.8 Å². The van der Waals surface area contributed by atoms with E-state index in [0.29, 0.717) is 12.4 Å². The Hall–Kier alpha value is -0.220. The van der Waals surface area contributed by atoms with Crippen LogP contribution in [0.3, 0.4) is 0 Å². The third-order valence-electron chi connectivity index (χ3n) is 1.80. The molecule has 1 saturated heterocycles. The van der Waals surface area contributed by atoms with E-state index in [2.05, 4.69) is 0 Å². The lowest BCUT2D eigenvalue weighted by Gasteiger charge is -2.23. The summed E-state index contributed by atoms with van der Waals surface area (Å²) >= 11 is 1.49. The molecule has 1 aliphatic rings. The molecular weight excluding hydrogens is 176 g/mol. The van der Waals surface area contributed by atoms with Crippen LogP contribution in [0.15, 0.2) is 0 Å². The van der Waals surface area contributed by atoms with Crippen molar-refractivity contribution in [2.24, 2.45) is 0 Å². The number of aliphatic hydroxyl groups excluding tert-OH is 1. The number of carbonyl (C=O) groups is 1. The Kier molecular flexibility index (Phi) is 3.88. The van der Waals surface area contributed by atoms with Gasteiger partial charge in [0, 0.05) is 5.75 Å². The van der Waals surface area contributed by atoms with Crippen LogP contribution in [0, 0.1) is 0 Å². The van der Waals surface area contributed by atoms with Crippen LogP contribution in [0.2, 0.25) is 0 Å². The SMILES string of the molecule is CCOC(=O)C1CCC(O)CS1. The molecule has 0 aromatic heterocycles. The quantitative estimate of drug-likeness (QED) is 0.654. The molecule has 1 aliphatic heterocycles. The Morgan fingerprint density at radius 3 is 2.92 bits per heavy atom. The molecule has 12 heavy (non-hydrogen) atoms. The number of hydrogen-bond acceptors (Lipinski definition) is 4. The second-order valence-electron chi connectivity index (χ2n) is 2.81. The molecule has 2 unspecified atom stereocenters. The van der Waals surface area contributed by atoms with Crippen molar-refractivity contribution in [1.29, 1.82) is 0 Å². The van der Waals surface area contributed by atoms with E-state index in [4.69, 9.17) is 9.84 Å². The van der Waals surface area contributed by atoms with Crippen LogP contribution in [-0.4, -0.2) is 34.8 Å². The van der Waals surface area contributed by atoms with Crippen LogP contribution < -0.4 is 0 Å². The molecule has 0 spiro atoms. The van der Waals surface area contributed by atoms with E-state index in [1.807, 2.05) is 0 Å². The largest absolute Gasteiger partial charge is 0.465 e. The monoisotopic (exact) mass is 190 g/mol. The van der Waals surface area contributed by atoms with Crippen molar-refractivity contribution in [3.05, 3.63) is 0 Å². The van der Waals surface area contributed by atoms with Crippen molar-refractivity contribution >= 4 is 17.7 Å². The first kappa shape index (κ1) is 9.86. The molecule has 0 radical (unpaired) electrons. The summed E-state index contributed by atoms with van der Waals surface area (Å²) in [7, 11) is 0. The van der Waals surface area contributed by atoms with Crippen molar-refractivity contribution in [3.8, 4) is 0 Å². The number of rotatable bonds is 2. The van der Waals surface area contributed by atoms with E-state index in [9.17, 15) is 4.79 Å². The average molecular weight is 190 g/mol. The van der Waals surface area contributed by atoms with Crippen molar-refractivity contribution in [2.45, 2.75) is 31.1 Å². The molecule has 1 rings (SSSR count). The molecule has 4 heteroatoms. The predicted molar refractivity (Wildman–Crippen MR) is 48.1 cm³/mol. The lowest BCUT2D eigenvalue weighted by atomic mass is 10.1. The minimum absolute atomic E-state index is 0.0478. The van der Waals surface area contributed by atoms with Gasteiger partial charge in [-0.3, -0.25) is 4.79 Å². The van der Waals surface area contributed by atoms with Gasteiger partial charge in [0.05, 0.1) is 12.7 Å². The standard InChI is InChI=1S/C8H14O3S/c1-2-11-8(10)7-4-3-6(9)5-12-7/h6-7,9H,2-5H2,1H3. The van der Waals surface area contributed by atoms with Crippen molar-refractivity contribution < 1.29 is 14.6 Å². The Labute approximate surface area is 76.5 Å². The molecule has 0 amide bonds. The van der Waals surface area contributed by atoms with Crippen molar-refractivity contribution in [2.75, 3.05) is 12.4 Å². The van der Waals surface area contributed by atoms with Gasteiger partial charge in [-0.2, -0.15) is 0 Å². The Bertz CT molecular complexity index is 152. The lowest BCUT2D eigenvalue weighted by molar-refractivity contribution is -0.142. The normalized spacial score (nSPS) is 29.8. The zero-order valence-electron chi connectivity index (χ0n) is 7.16. The number of thioether (sulfide) groups is 1. The summed E-state index contributed by atoms with van der Waals surface area (Å²) in [6.07, 6.45) is 1.22. The lowest BCUT2D eigenvalue weighted by Crippen LogP contribution is -2.28. The highest BCUT2D eigenvalue weighted by Crippen LogP contribution is 2.26. The van der Waals surface area contributed by atoms with Gasteiger partial charge in [0.25, 0.3) is 0 Å². The molecule has 1 N–H and O–H groups in total. The molecule has 1 heterocycles. The van der Waals surface area contributed by atoms with E-state index in [0.717, 1.165) is 12.8 Å². The third-order valence-corrected chi connectivity index (χ3v) is 3.21.